The van der Waals surface area contributed by atoms with E-state index in [2.05, 4.69) is 26.1 Å². The van der Waals surface area contributed by atoms with Crippen LogP contribution in [0.4, 0.5) is 4.39 Å². The first kappa shape index (κ1) is 16.4. The summed E-state index contributed by atoms with van der Waals surface area (Å²) in [6.45, 7) is 2.31. The lowest BCUT2D eigenvalue weighted by molar-refractivity contribution is 0.242. The van der Waals surface area contributed by atoms with E-state index in [-0.39, 0.29) is 12.4 Å². The molecule has 1 heterocycles. The van der Waals surface area contributed by atoms with Crippen LogP contribution in [0.2, 0.25) is 0 Å². The van der Waals surface area contributed by atoms with Crippen LogP contribution in [0.3, 0.4) is 0 Å². The Kier molecular flexibility index (Phi) is 5.10. The fraction of sp³-hybridized carbons (Fsp3) is 0.176. The Morgan fingerprint density at radius 1 is 1.04 bits per heavy atom. The molecule has 0 saturated carbocycles. The molecule has 124 valence electrons. The number of rotatable bonds is 6. The molecule has 0 aliphatic heterocycles. The second kappa shape index (κ2) is 7.44. The first-order valence-electron chi connectivity index (χ1n) is 7.19. The molecule has 0 aliphatic carbocycles. The zero-order valence-electron chi connectivity index (χ0n) is 12.8. The molecule has 3 rings (SSSR count). The number of benzene rings is 2. The Morgan fingerprint density at radius 3 is 2.29 bits per heavy atom. The van der Waals surface area contributed by atoms with E-state index in [1.165, 1.54) is 6.07 Å². The van der Waals surface area contributed by atoms with E-state index in [1.54, 1.807) is 43.3 Å². The van der Waals surface area contributed by atoms with Crippen LogP contribution in [0.15, 0.2) is 51.5 Å². The average molecular weight is 393 g/mol. The lowest BCUT2D eigenvalue weighted by Crippen LogP contribution is -1.97. The van der Waals surface area contributed by atoms with Crippen molar-refractivity contribution in [3.05, 3.63) is 70.0 Å². The molecule has 24 heavy (non-hydrogen) atoms. The van der Waals surface area contributed by atoms with Gasteiger partial charge in [0.15, 0.2) is 12.4 Å². The van der Waals surface area contributed by atoms with E-state index in [1.807, 2.05) is 0 Å². The fourth-order valence-corrected chi connectivity index (χ4v) is 2.40. The Morgan fingerprint density at radius 2 is 1.71 bits per heavy atom. The number of aryl methyl sites for hydroxylation is 1. The van der Waals surface area contributed by atoms with E-state index < -0.39 is 0 Å². The maximum absolute atomic E-state index is 13.2. The minimum Gasteiger partial charge on any atom is -0.489 e. The fourth-order valence-electron chi connectivity index (χ4n) is 1.97. The average Bonchev–Trinajstić information content (AvgIpc) is 3.00. The minimum atomic E-state index is -0.295. The van der Waals surface area contributed by atoms with E-state index in [0.29, 0.717) is 34.3 Å². The van der Waals surface area contributed by atoms with Gasteiger partial charge in [0.1, 0.15) is 23.9 Å². The zero-order valence-corrected chi connectivity index (χ0v) is 14.4. The van der Waals surface area contributed by atoms with Gasteiger partial charge in [-0.3, -0.25) is 0 Å². The molecular weight excluding hydrogens is 379 g/mol. The summed E-state index contributed by atoms with van der Waals surface area (Å²) in [7, 11) is 0. The predicted molar refractivity (Wildman–Crippen MR) is 88.2 cm³/mol. The van der Waals surface area contributed by atoms with Gasteiger partial charge < -0.3 is 14.0 Å². The number of aromatic nitrogens is 2. The lowest BCUT2D eigenvalue weighted by Gasteiger charge is -2.08. The highest BCUT2D eigenvalue weighted by Gasteiger charge is 2.05. The van der Waals surface area contributed by atoms with Gasteiger partial charge in [0.2, 0.25) is 0 Å². The van der Waals surface area contributed by atoms with Crippen LogP contribution in [-0.2, 0) is 13.2 Å². The Bertz CT molecular complexity index is 821. The second-order valence-corrected chi connectivity index (χ2v) is 5.89. The van der Waals surface area contributed by atoms with E-state index >= 15 is 0 Å². The van der Waals surface area contributed by atoms with Crippen LogP contribution in [0.1, 0.15) is 17.3 Å². The van der Waals surface area contributed by atoms with Crippen molar-refractivity contribution in [3.63, 3.8) is 0 Å². The van der Waals surface area contributed by atoms with Gasteiger partial charge in [-0.2, -0.15) is 4.98 Å². The number of halogens is 2. The monoisotopic (exact) mass is 392 g/mol. The molecule has 0 aliphatic rings. The van der Waals surface area contributed by atoms with Crippen molar-refractivity contribution in [2.24, 2.45) is 0 Å². The summed E-state index contributed by atoms with van der Waals surface area (Å²) < 4.78 is 29.8. The Balaban J connectivity index is 1.53. The standard InChI is InChI=1S/C17H14BrFN2O3/c1-11-20-17(24-21-11)10-23-14-5-3-13(4-6-14)22-9-12-2-7-16(19)15(18)8-12/h2-8H,9-10H2,1H3. The smallest absolute Gasteiger partial charge is 0.264 e. The van der Waals surface area contributed by atoms with Gasteiger partial charge in [-0.05, 0) is 64.8 Å². The molecule has 0 bridgehead atoms. The van der Waals surface area contributed by atoms with Gasteiger partial charge >= 0.3 is 0 Å². The van der Waals surface area contributed by atoms with Crippen molar-refractivity contribution < 1.29 is 18.4 Å². The van der Waals surface area contributed by atoms with Crippen molar-refractivity contribution in [2.75, 3.05) is 0 Å². The van der Waals surface area contributed by atoms with Crippen LogP contribution in [-0.4, -0.2) is 10.1 Å². The maximum atomic E-state index is 13.2. The van der Waals surface area contributed by atoms with Crippen molar-refractivity contribution in [2.45, 2.75) is 20.1 Å². The lowest BCUT2D eigenvalue weighted by atomic mass is 10.2. The van der Waals surface area contributed by atoms with Crippen LogP contribution in [0, 0.1) is 12.7 Å². The number of hydrogen-bond donors (Lipinski definition) is 0. The molecule has 0 atom stereocenters. The van der Waals surface area contributed by atoms with Crippen molar-refractivity contribution in [1.29, 1.82) is 0 Å². The summed E-state index contributed by atoms with van der Waals surface area (Å²) in [4.78, 5) is 4.06. The number of hydrogen-bond acceptors (Lipinski definition) is 5. The molecule has 0 N–H and O–H groups in total. The third kappa shape index (κ3) is 4.32. The first-order valence-corrected chi connectivity index (χ1v) is 7.98. The summed E-state index contributed by atoms with van der Waals surface area (Å²) in [5.41, 5.74) is 0.871. The third-order valence-electron chi connectivity index (χ3n) is 3.15. The first-order chi connectivity index (χ1) is 11.6. The molecule has 0 spiro atoms. The molecule has 7 heteroatoms. The van der Waals surface area contributed by atoms with Gasteiger partial charge in [-0.15, -0.1) is 0 Å². The normalized spacial score (nSPS) is 10.6. The number of ether oxygens (including phenoxy) is 2. The second-order valence-electron chi connectivity index (χ2n) is 5.03. The largest absolute Gasteiger partial charge is 0.489 e. The highest BCUT2D eigenvalue weighted by Crippen LogP contribution is 2.21. The quantitative estimate of drug-likeness (QED) is 0.620. The van der Waals surface area contributed by atoms with Gasteiger partial charge in [-0.1, -0.05) is 11.2 Å². The van der Waals surface area contributed by atoms with E-state index in [9.17, 15) is 4.39 Å². The molecule has 3 aromatic rings. The van der Waals surface area contributed by atoms with Crippen LogP contribution in [0.5, 0.6) is 11.5 Å². The number of nitrogens with zero attached hydrogens (tertiary/aromatic N) is 2. The molecule has 5 nitrogen and oxygen atoms in total. The van der Waals surface area contributed by atoms with Crippen molar-refractivity contribution >= 4 is 15.9 Å². The summed E-state index contributed by atoms with van der Waals surface area (Å²) in [5.74, 6) is 2.07. The molecule has 1 aromatic heterocycles. The van der Waals surface area contributed by atoms with Crippen LogP contribution >= 0.6 is 15.9 Å². The summed E-state index contributed by atoms with van der Waals surface area (Å²) >= 11 is 3.16. The molecule has 0 saturated heterocycles. The molecular formula is C17H14BrFN2O3. The van der Waals surface area contributed by atoms with Crippen LogP contribution < -0.4 is 9.47 Å². The molecule has 2 aromatic carbocycles. The zero-order chi connectivity index (χ0) is 16.9. The Labute approximate surface area is 146 Å². The van der Waals surface area contributed by atoms with Gasteiger partial charge in [0.05, 0.1) is 4.47 Å². The molecule has 0 radical (unpaired) electrons. The topological polar surface area (TPSA) is 57.4 Å². The van der Waals surface area contributed by atoms with Gasteiger partial charge in [-0.25, -0.2) is 4.39 Å². The molecule has 0 fully saturated rings. The summed E-state index contributed by atoms with van der Waals surface area (Å²) in [5, 5.41) is 3.69. The van der Waals surface area contributed by atoms with E-state index in [4.69, 9.17) is 14.0 Å². The highest BCUT2D eigenvalue weighted by molar-refractivity contribution is 9.10. The SMILES string of the molecule is Cc1noc(COc2ccc(OCc3ccc(F)c(Br)c3)cc2)n1. The van der Waals surface area contributed by atoms with E-state index in [0.717, 1.165) is 5.56 Å². The van der Waals surface area contributed by atoms with Crippen molar-refractivity contribution in [1.82, 2.24) is 10.1 Å². The molecule has 0 amide bonds. The van der Waals surface area contributed by atoms with Crippen LogP contribution in [0.25, 0.3) is 0 Å². The summed E-state index contributed by atoms with van der Waals surface area (Å²) in [6, 6.07) is 12.0. The highest BCUT2D eigenvalue weighted by atomic mass is 79.9. The Hall–Kier alpha value is -2.41. The summed E-state index contributed by atoms with van der Waals surface area (Å²) in [6.07, 6.45) is 0. The molecule has 0 unspecified atom stereocenters. The van der Waals surface area contributed by atoms with Gasteiger partial charge in [0, 0.05) is 0 Å². The predicted octanol–water partition coefficient (Wildman–Crippen LogP) is 4.44. The van der Waals surface area contributed by atoms with Crippen molar-refractivity contribution in [3.8, 4) is 11.5 Å². The van der Waals surface area contributed by atoms with Gasteiger partial charge in [0.25, 0.3) is 5.89 Å². The third-order valence-corrected chi connectivity index (χ3v) is 3.75. The minimum absolute atomic E-state index is 0.213. The maximum Gasteiger partial charge on any atom is 0.264 e.